The van der Waals surface area contributed by atoms with Crippen molar-refractivity contribution in [1.82, 2.24) is 0 Å². The molecule has 0 aliphatic heterocycles. The van der Waals surface area contributed by atoms with Crippen LogP contribution in [0.15, 0.2) is 0 Å². The molecule has 0 saturated heterocycles. The maximum absolute atomic E-state index is 9.85. The molecular weight excluding hydrogens is 214 g/mol. The van der Waals surface area contributed by atoms with E-state index in [2.05, 4.69) is 0 Å². The van der Waals surface area contributed by atoms with Crippen molar-refractivity contribution < 1.29 is 22.7 Å². The SMILES string of the molecule is N[C@@H](CC(=O)O)C(=O)O.[H-].[H-].[Sr+2]. The third kappa shape index (κ3) is 6.50. The fraction of sp³-hybridized carbons (Fsp3) is 0.500. The molecule has 0 spiro atoms. The molecular formula is C4H9NO4Sr. The molecule has 0 radical (unpaired) electrons. The largest absolute Gasteiger partial charge is 2.00 e. The van der Waals surface area contributed by atoms with E-state index in [4.69, 9.17) is 15.9 Å². The molecule has 1 atom stereocenters. The molecule has 0 saturated carbocycles. The van der Waals surface area contributed by atoms with Crippen molar-refractivity contribution in [1.29, 1.82) is 0 Å². The van der Waals surface area contributed by atoms with Crippen LogP contribution < -0.4 is 5.73 Å². The predicted octanol–water partition coefficient (Wildman–Crippen LogP) is -1.28. The van der Waals surface area contributed by atoms with Crippen LogP contribution in [0, 0.1) is 0 Å². The van der Waals surface area contributed by atoms with Gasteiger partial charge in [0.05, 0.1) is 6.42 Å². The molecule has 0 fully saturated rings. The molecule has 56 valence electrons. The van der Waals surface area contributed by atoms with Gasteiger partial charge in [-0.05, 0) is 0 Å². The number of aliphatic carboxylic acids is 2. The molecule has 6 heteroatoms. The Kier molecular flexibility index (Phi) is 7.95. The van der Waals surface area contributed by atoms with E-state index in [-0.39, 0.29) is 48.3 Å². The van der Waals surface area contributed by atoms with Gasteiger partial charge in [-0.15, -0.1) is 0 Å². The van der Waals surface area contributed by atoms with Crippen LogP contribution in [-0.4, -0.2) is 73.7 Å². The van der Waals surface area contributed by atoms with E-state index in [9.17, 15) is 9.59 Å². The maximum atomic E-state index is 9.85. The van der Waals surface area contributed by atoms with Gasteiger partial charge >= 0.3 is 57.4 Å². The van der Waals surface area contributed by atoms with Crippen molar-refractivity contribution in [3.8, 4) is 0 Å². The van der Waals surface area contributed by atoms with Gasteiger partial charge in [0, 0.05) is 0 Å². The topological polar surface area (TPSA) is 101 Å². The monoisotopic (exact) mass is 223 g/mol. The summed E-state index contributed by atoms with van der Waals surface area (Å²) in [5, 5.41) is 16.0. The van der Waals surface area contributed by atoms with Gasteiger partial charge in [-0.1, -0.05) is 0 Å². The van der Waals surface area contributed by atoms with Crippen LogP contribution in [0.1, 0.15) is 9.27 Å². The number of rotatable bonds is 3. The van der Waals surface area contributed by atoms with Crippen molar-refractivity contribution in [2.75, 3.05) is 0 Å². The molecule has 4 N–H and O–H groups in total. The van der Waals surface area contributed by atoms with Gasteiger partial charge in [-0.2, -0.15) is 0 Å². The zero-order valence-electron chi connectivity index (χ0n) is 7.28. The van der Waals surface area contributed by atoms with Crippen LogP contribution in [0.2, 0.25) is 0 Å². The maximum Gasteiger partial charge on any atom is 2.00 e. The van der Waals surface area contributed by atoms with Crippen molar-refractivity contribution in [2.45, 2.75) is 12.5 Å². The zero-order valence-corrected chi connectivity index (χ0v) is 8.76. The molecule has 0 amide bonds. The number of carboxylic acid groups (broad SMARTS) is 2. The van der Waals surface area contributed by atoms with E-state index in [0.29, 0.717) is 0 Å². The van der Waals surface area contributed by atoms with Gasteiger partial charge in [0.2, 0.25) is 0 Å². The Hall–Kier alpha value is 0.381. The van der Waals surface area contributed by atoms with E-state index in [1.807, 2.05) is 0 Å². The molecule has 5 nitrogen and oxygen atoms in total. The second-order valence-electron chi connectivity index (χ2n) is 1.54. The van der Waals surface area contributed by atoms with Crippen LogP contribution >= 0.6 is 0 Å². The Balaban J connectivity index is -0.000000107. The van der Waals surface area contributed by atoms with Crippen LogP contribution in [-0.2, 0) is 9.59 Å². The summed E-state index contributed by atoms with van der Waals surface area (Å²) in [7, 11) is 0. The average molecular weight is 223 g/mol. The summed E-state index contributed by atoms with van der Waals surface area (Å²) in [4.78, 5) is 19.6. The number of hydrogen-bond acceptors (Lipinski definition) is 3. The Morgan fingerprint density at radius 1 is 1.50 bits per heavy atom. The first-order chi connectivity index (χ1) is 4.04. The van der Waals surface area contributed by atoms with Crippen LogP contribution in [0.5, 0.6) is 0 Å². The molecule has 0 aliphatic rings. The second kappa shape index (κ2) is 6.11. The average Bonchev–Trinajstić information content (AvgIpc) is 1.63. The summed E-state index contributed by atoms with van der Waals surface area (Å²) in [5.74, 6) is -2.50. The van der Waals surface area contributed by atoms with Crippen LogP contribution in [0.3, 0.4) is 0 Å². The Morgan fingerprint density at radius 2 is 1.90 bits per heavy atom. The summed E-state index contributed by atoms with van der Waals surface area (Å²) in [6, 6.07) is -1.29. The normalized spacial score (nSPS) is 11.3. The Morgan fingerprint density at radius 3 is 2.00 bits per heavy atom. The quantitative estimate of drug-likeness (QED) is 0.517. The van der Waals surface area contributed by atoms with Crippen molar-refractivity contribution >= 4 is 57.4 Å². The number of carbonyl (C=O) groups is 2. The summed E-state index contributed by atoms with van der Waals surface area (Å²) in [6.07, 6.45) is -0.532. The molecule has 0 bridgehead atoms. The van der Waals surface area contributed by atoms with Gasteiger partial charge in [0.15, 0.2) is 0 Å². The van der Waals surface area contributed by atoms with E-state index in [1.54, 1.807) is 0 Å². The van der Waals surface area contributed by atoms with Gasteiger partial charge in [0.25, 0.3) is 0 Å². The summed E-state index contributed by atoms with van der Waals surface area (Å²) >= 11 is 0. The van der Waals surface area contributed by atoms with E-state index in [0.717, 1.165) is 0 Å². The molecule has 0 aliphatic carbocycles. The number of nitrogens with two attached hydrogens (primary N) is 1. The standard InChI is InChI=1S/C4H7NO4.Sr.2H/c5-2(4(8)9)1-3(6)7;;;/h2H,1,5H2,(H,6,7)(H,8,9);;;/q;+2;2*-1/t2-;;;/m0.../s1. The van der Waals surface area contributed by atoms with Crippen LogP contribution in [0.4, 0.5) is 0 Å². The van der Waals surface area contributed by atoms with Crippen LogP contribution in [0.25, 0.3) is 0 Å². The van der Waals surface area contributed by atoms with Gasteiger partial charge < -0.3 is 18.8 Å². The smallest absolute Gasteiger partial charge is 1.00 e. The predicted molar refractivity (Wildman–Crippen MR) is 35.8 cm³/mol. The van der Waals surface area contributed by atoms with E-state index in [1.165, 1.54) is 0 Å². The third-order valence-electron chi connectivity index (χ3n) is 0.712. The minimum atomic E-state index is -1.29. The van der Waals surface area contributed by atoms with Gasteiger partial charge in [-0.3, -0.25) is 9.59 Å². The van der Waals surface area contributed by atoms with Crippen molar-refractivity contribution in [3.05, 3.63) is 0 Å². The minimum absolute atomic E-state index is 0. The van der Waals surface area contributed by atoms with E-state index < -0.39 is 24.4 Å². The fourth-order valence-corrected chi connectivity index (χ4v) is 0.275. The first kappa shape index (κ1) is 13.0. The van der Waals surface area contributed by atoms with Crippen molar-refractivity contribution in [2.24, 2.45) is 5.73 Å². The second-order valence-corrected chi connectivity index (χ2v) is 1.54. The molecule has 0 rings (SSSR count). The molecule has 0 unspecified atom stereocenters. The van der Waals surface area contributed by atoms with Gasteiger partial charge in [-0.25, -0.2) is 0 Å². The first-order valence-corrected chi connectivity index (χ1v) is 2.24. The summed E-state index contributed by atoms with van der Waals surface area (Å²) in [6.45, 7) is 0. The molecule has 0 aromatic heterocycles. The molecule has 10 heavy (non-hydrogen) atoms. The van der Waals surface area contributed by atoms with Crippen molar-refractivity contribution in [3.63, 3.8) is 0 Å². The first-order valence-electron chi connectivity index (χ1n) is 2.24. The Bertz CT molecular complexity index is 145. The Labute approximate surface area is 97.4 Å². The molecule has 0 aromatic rings. The molecule has 0 aromatic carbocycles. The van der Waals surface area contributed by atoms with Gasteiger partial charge in [0.1, 0.15) is 6.04 Å². The number of carboxylic acids is 2. The fourth-order valence-electron chi connectivity index (χ4n) is 0.275. The van der Waals surface area contributed by atoms with E-state index >= 15 is 0 Å². The summed E-state index contributed by atoms with van der Waals surface area (Å²) < 4.78 is 0. The zero-order chi connectivity index (χ0) is 7.44. The summed E-state index contributed by atoms with van der Waals surface area (Å²) in [5.41, 5.74) is 4.84. The minimum Gasteiger partial charge on any atom is -1.00 e. The molecule has 0 heterocycles. The third-order valence-corrected chi connectivity index (χ3v) is 0.712. The number of hydrogen-bond donors (Lipinski definition) is 3.